The number of rotatable bonds is 6. The molecule has 2 aromatic rings. The number of nitrogens with zero attached hydrogens (tertiary/aromatic N) is 3. The van der Waals surface area contributed by atoms with E-state index in [4.69, 9.17) is 0 Å². The highest BCUT2D eigenvalue weighted by Crippen LogP contribution is 2.36. The maximum Gasteiger partial charge on any atom is 0.276 e. The van der Waals surface area contributed by atoms with Gasteiger partial charge < -0.3 is 10.0 Å². The van der Waals surface area contributed by atoms with Crippen molar-refractivity contribution < 1.29 is 14.7 Å². The van der Waals surface area contributed by atoms with Crippen LogP contribution in [0.1, 0.15) is 36.5 Å². The summed E-state index contributed by atoms with van der Waals surface area (Å²) < 4.78 is 0. The number of aliphatic hydroxyl groups is 1. The van der Waals surface area contributed by atoms with Gasteiger partial charge >= 0.3 is 0 Å². The van der Waals surface area contributed by atoms with Gasteiger partial charge in [0.25, 0.3) is 5.91 Å². The van der Waals surface area contributed by atoms with Gasteiger partial charge in [0.15, 0.2) is 17.7 Å². The van der Waals surface area contributed by atoms with E-state index >= 15 is 0 Å². The molecule has 2 unspecified atom stereocenters. The Labute approximate surface area is 177 Å². The summed E-state index contributed by atoms with van der Waals surface area (Å²) in [7, 11) is 0. The molecule has 3 rings (SSSR count). The van der Waals surface area contributed by atoms with E-state index in [0.717, 1.165) is 16.7 Å². The highest BCUT2D eigenvalue weighted by molar-refractivity contribution is 5.98. The number of piperazine rings is 1. The summed E-state index contributed by atoms with van der Waals surface area (Å²) in [6.07, 6.45) is 1.87. The molecule has 0 bridgehead atoms. The van der Waals surface area contributed by atoms with Gasteiger partial charge in [0.2, 0.25) is 0 Å². The molecule has 0 aliphatic carbocycles. The quantitative estimate of drug-likeness (QED) is 0.345. The van der Waals surface area contributed by atoms with E-state index in [-0.39, 0.29) is 17.7 Å². The monoisotopic (exact) mass is 405 g/mol. The van der Waals surface area contributed by atoms with Crippen LogP contribution in [-0.2, 0) is 9.59 Å². The van der Waals surface area contributed by atoms with Crippen LogP contribution < -0.4 is 0 Å². The van der Waals surface area contributed by atoms with Crippen molar-refractivity contribution >= 4 is 18.4 Å². The van der Waals surface area contributed by atoms with Gasteiger partial charge in [-0.3, -0.25) is 14.6 Å². The van der Waals surface area contributed by atoms with E-state index in [1.807, 2.05) is 44.2 Å². The number of hydrogen-bond donors (Lipinski definition) is 1. The molecule has 1 aliphatic heterocycles. The lowest BCUT2D eigenvalue weighted by Crippen LogP contribution is -2.55. The number of allylic oxidation sites excluding steroid dienone is 1. The number of benzene rings is 2. The van der Waals surface area contributed by atoms with Crippen molar-refractivity contribution in [3.63, 3.8) is 0 Å². The van der Waals surface area contributed by atoms with Gasteiger partial charge in [-0.25, -0.2) is 0 Å². The van der Waals surface area contributed by atoms with Crippen LogP contribution in [0.2, 0.25) is 0 Å². The molecule has 1 aliphatic rings. The summed E-state index contributed by atoms with van der Waals surface area (Å²) in [5, 5.41) is 16.2. The summed E-state index contributed by atoms with van der Waals surface area (Å²) in [5.74, 6) is -1.14. The molecule has 0 spiro atoms. The summed E-state index contributed by atoms with van der Waals surface area (Å²) in [4.78, 5) is 26.0. The van der Waals surface area contributed by atoms with E-state index in [0.29, 0.717) is 19.4 Å². The summed E-state index contributed by atoms with van der Waals surface area (Å²) in [5.41, 5.74) is 3.19. The van der Waals surface area contributed by atoms with Crippen molar-refractivity contribution in [2.75, 3.05) is 13.1 Å². The second-order valence-corrected chi connectivity index (χ2v) is 7.28. The average Bonchev–Trinajstić information content (AvgIpc) is 2.76. The molecule has 1 N–H and O–H groups in total. The molecule has 0 aromatic heterocycles. The summed E-state index contributed by atoms with van der Waals surface area (Å²) in [6.45, 7) is 6.54. The van der Waals surface area contributed by atoms with Crippen LogP contribution in [0, 0.1) is 6.92 Å². The Kier molecular flexibility index (Phi) is 6.67. The van der Waals surface area contributed by atoms with Crippen molar-refractivity contribution in [3.8, 4) is 0 Å². The number of amides is 1. The maximum absolute atomic E-state index is 13.0. The van der Waals surface area contributed by atoms with E-state index in [1.165, 1.54) is 5.01 Å². The number of likely N-dealkylation sites (N-methyl/N-ethyl adjacent to an activating group) is 1. The highest BCUT2D eigenvalue weighted by atomic mass is 16.3. The first-order valence-corrected chi connectivity index (χ1v) is 10.1. The lowest BCUT2D eigenvalue weighted by atomic mass is 9.82. The van der Waals surface area contributed by atoms with Crippen molar-refractivity contribution in [1.29, 1.82) is 0 Å². The molecule has 1 fully saturated rings. The van der Waals surface area contributed by atoms with Crippen LogP contribution in [0.15, 0.2) is 71.2 Å². The van der Waals surface area contributed by atoms with Crippen LogP contribution in [-0.4, -0.2) is 52.6 Å². The number of aryl methyl sites for hydroxylation is 1. The topological polar surface area (TPSA) is 73.2 Å². The molecule has 1 heterocycles. The molecule has 1 saturated heterocycles. The number of hydrogen-bond acceptors (Lipinski definition) is 5. The zero-order chi connectivity index (χ0) is 21.7. The van der Waals surface area contributed by atoms with Gasteiger partial charge in [-0.15, -0.1) is 0 Å². The Bertz CT molecular complexity index is 969. The predicted molar refractivity (Wildman–Crippen MR) is 117 cm³/mol. The van der Waals surface area contributed by atoms with Gasteiger partial charge in [0, 0.05) is 25.2 Å². The first-order valence-electron chi connectivity index (χ1n) is 10.1. The van der Waals surface area contributed by atoms with Crippen LogP contribution in [0.4, 0.5) is 0 Å². The van der Waals surface area contributed by atoms with Crippen LogP contribution in [0.5, 0.6) is 0 Å². The normalized spacial score (nSPS) is 19.8. The first kappa shape index (κ1) is 21.3. The van der Waals surface area contributed by atoms with E-state index < -0.39 is 11.7 Å². The average molecular weight is 405 g/mol. The van der Waals surface area contributed by atoms with Crippen molar-refractivity contribution in [2.45, 2.75) is 32.7 Å². The van der Waals surface area contributed by atoms with Crippen molar-refractivity contribution in [2.24, 2.45) is 5.10 Å². The molecule has 156 valence electrons. The predicted octanol–water partition coefficient (Wildman–Crippen LogP) is 3.63. The zero-order valence-electron chi connectivity index (χ0n) is 17.5. The fourth-order valence-corrected chi connectivity index (χ4v) is 4.03. The number of aliphatic hydroxyl groups excluding tert-OH is 1. The lowest BCUT2D eigenvalue weighted by molar-refractivity contribution is -0.134. The summed E-state index contributed by atoms with van der Waals surface area (Å²) >= 11 is 0. The fourth-order valence-electron chi connectivity index (χ4n) is 4.03. The van der Waals surface area contributed by atoms with Gasteiger partial charge in [0.1, 0.15) is 0 Å². The minimum Gasteiger partial charge on any atom is -0.503 e. The molecule has 2 aromatic carbocycles. The van der Waals surface area contributed by atoms with Gasteiger partial charge in [-0.1, -0.05) is 60.2 Å². The summed E-state index contributed by atoms with van der Waals surface area (Å²) in [6, 6.07) is 18.0. The Morgan fingerprint density at radius 1 is 1.20 bits per heavy atom. The largest absolute Gasteiger partial charge is 0.503 e. The SMILES string of the molecule is C/C=N\N1/C(=C(/O)C=O)C(=O)N(CC)CC1C(c1ccccc1)c1cccc(C)c1. The molecule has 6 heteroatoms. The third-order valence-electron chi connectivity index (χ3n) is 5.36. The standard InChI is InChI=1S/C24H27N3O3/c1-4-25-27-20(15-26(5-2)24(30)23(27)21(29)16-28)22(18-11-7-6-8-12-18)19-13-9-10-17(3)14-19/h4,6-14,16,20,22,29H,5,15H2,1-3H3/b23-21+,25-4-. The van der Waals surface area contributed by atoms with E-state index in [9.17, 15) is 14.7 Å². The molecule has 0 saturated carbocycles. The third-order valence-corrected chi connectivity index (χ3v) is 5.36. The molecule has 0 radical (unpaired) electrons. The van der Waals surface area contributed by atoms with Gasteiger partial charge in [-0.2, -0.15) is 5.10 Å². The van der Waals surface area contributed by atoms with Crippen molar-refractivity contribution in [1.82, 2.24) is 9.91 Å². The van der Waals surface area contributed by atoms with Crippen LogP contribution >= 0.6 is 0 Å². The second-order valence-electron chi connectivity index (χ2n) is 7.28. The zero-order valence-corrected chi connectivity index (χ0v) is 17.5. The van der Waals surface area contributed by atoms with Gasteiger partial charge in [0.05, 0.1) is 6.04 Å². The van der Waals surface area contributed by atoms with E-state index in [1.54, 1.807) is 18.0 Å². The molecular formula is C24H27N3O3. The molecular weight excluding hydrogens is 378 g/mol. The Morgan fingerprint density at radius 3 is 2.50 bits per heavy atom. The Morgan fingerprint density at radius 2 is 1.90 bits per heavy atom. The highest BCUT2D eigenvalue weighted by Gasteiger charge is 2.42. The van der Waals surface area contributed by atoms with Crippen LogP contribution in [0.3, 0.4) is 0 Å². The minimum atomic E-state index is -0.607. The Balaban J connectivity index is 2.23. The number of carbonyl (C=O) groups excluding carboxylic acids is 2. The molecule has 2 atom stereocenters. The number of aldehydes is 1. The minimum absolute atomic E-state index is 0.0882. The second kappa shape index (κ2) is 9.39. The smallest absolute Gasteiger partial charge is 0.276 e. The number of carbonyl (C=O) groups is 2. The fraction of sp³-hybridized carbons (Fsp3) is 0.292. The molecule has 6 nitrogen and oxygen atoms in total. The van der Waals surface area contributed by atoms with Crippen LogP contribution in [0.25, 0.3) is 0 Å². The number of hydrazone groups is 1. The van der Waals surface area contributed by atoms with E-state index in [2.05, 4.69) is 29.4 Å². The molecule has 1 amide bonds. The van der Waals surface area contributed by atoms with Crippen molar-refractivity contribution in [3.05, 3.63) is 82.7 Å². The first-order chi connectivity index (χ1) is 14.5. The Hall–Kier alpha value is -3.41. The maximum atomic E-state index is 13.0. The molecule has 30 heavy (non-hydrogen) atoms. The lowest BCUT2D eigenvalue weighted by Gasteiger charge is -2.44. The third kappa shape index (κ3) is 4.13. The van der Waals surface area contributed by atoms with Gasteiger partial charge in [-0.05, 0) is 31.9 Å².